The van der Waals surface area contributed by atoms with E-state index in [1.165, 1.54) is 22.3 Å². The Morgan fingerprint density at radius 3 is 2.53 bits per heavy atom. The Morgan fingerprint density at radius 1 is 1.10 bits per heavy atom. The Labute approximate surface area is 176 Å². The second kappa shape index (κ2) is 8.66. The van der Waals surface area contributed by atoms with E-state index in [-0.39, 0.29) is 12.5 Å². The first-order valence-electron chi connectivity index (χ1n) is 9.16. The number of rotatable bonds is 6. The highest BCUT2D eigenvalue weighted by Gasteiger charge is 2.23. The predicted octanol–water partition coefficient (Wildman–Crippen LogP) is 3.82. The van der Waals surface area contributed by atoms with Crippen molar-refractivity contribution in [2.75, 3.05) is 11.9 Å². The molecule has 1 amide bonds. The fourth-order valence-electron chi connectivity index (χ4n) is 2.91. The zero-order valence-corrected chi connectivity index (χ0v) is 16.8. The normalized spacial score (nSPS) is 10.6. The summed E-state index contributed by atoms with van der Waals surface area (Å²) in [4.78, 5) is 25.4. The molecule has 0 bridgehead atoms. The van der Waals surface area contributed by atoms with Crippen molar-refractivity contribution in [3.63, 3.8) is 0 Å². The molecular weight excluding hydrogens is 402 g/mol. The number of ether oxygens (including phenoxy) is 1. The number of hydrogen-bond acceptors (Lipinski definition) is 7. The number of thiophene rings is 1. The summed E-state index contributed by atoms with van der Waals surface area (Å²) in [6, 6.07) is 16.3. The summed E-state index contributed by atoms with van der Waals surface area (Å²) in [5.74, 6) is -0.799. The van der Waals surface area contributed by atoms with E-state index in [1.54, 1.807) is 31.2 Å². The van der Waals surface area contributed by atoms with Crippen LogP contribution in [0.25, 0.3) is 16.8 Å². The van der Waals surface area contributed by atoms with Crippen molar-refractivity contribution in [1.82, 2.24) is 20.2 Å². The number of hydrogen-bond donors (Lipinski definition) is 1. The molecule has 0 saturated heterocycles. The van der Waals surface area contributed by atoms with E-state index in [2.05, 4.69) is 20.8 Å². The highest BCUT2D eigenvalue weighted by molar-refractivity contribution is 7.15. The molecule has 0 spiro atoms. The molecule has 9 heteroatoms. The number of tetrazole rings is 1. The van der Waals surface area contributed by atoms with Crippen molar-refractivity contribution in [3.8, 4) is 16.8 Å². The first-order chi connectivity index (χ1) is 14.7. The minimum atomic E-state index is -0.470. The summed E-state index contributed by atoms with van der Waals surface area (Å²) in [5.41, 5.74) is 3.13. The van der Waals surface area contributed by atoms with Gasteiger partial charge in [0.15, 0.2) is 0 Å². The first-order valence-corrected chi connectivity index (χ1v) is 10.0. The molecule has 2 aromatic carbocycles. The van der Waals surface area contributed by atoms with E-state index in [9.17, 15) is 9.59 Å². The lowest BCUT2D eigenvalue weighted by Crippen LogP contribution is -2.15. The maximum absolute atomic E-state index is 12.8. The number of esters is 1. The summed E-state index contributed by atoms with van der Waals surface area (Å²) in [6.45, 7) is 1.99. The molecule has 150 valence electrons. The minimum Gasteiger partial charge on any atom is -0.462 e. The number of carbonyl (C=O) groups is 2. The summed E-state index contributed by atoms with van der Waals surface area (Å²) in [5, 5.41) is 16.1. The van der Waals surface area contributed by atoms with E-state index in [0.29, 0.717) is 16.1 Å². The smallest absolute Gasteiger partial charge is 0.341 e. The van der Waals surface area contributed by atoms with Gasteiger partial charge in [-0.15, -0.1) is 16.4 Å². The number of nitrogens with zero attached hydrogens (tertiary/aromatic N) is 4. The van der Waals surface area contributed by atoms with Crippen molar-refractivity contribution in [3.05, 3.63) is 77.4 Å². The van der Waals surface area contributed by atoms with E-state index >= 15 is 0 Å². The number of nitrogens with one attached hydrogen (secondary N) is 1. The molecule has 0 aliphatic heterocycles. The molecule has 8 nitrogen and oxygen atoms in total. The van der Waals surface area contributed by atoms with Gasteiger partial charge in [-0.05, 0) is 47.2 Å². The van der Waals surface area contributed by atoms with Gasteiger partial charge in [0.1, 0.15) is 16.9 Å². The van der Waals surface area contributed by atoms with Crippen molar-refractivity contribution in [2.24, 2.45) is 0 Å². The van der Waals surface area contributed by atoms with Crippen LogP contribution in [0.3, 0.4) is 0 Å². The van der Waals surface area contributed by atoms with Crippen LogP contribution in [-0.2, 0) is 4.74 Å². The third-order valence-corrected chi connectivity index (χ3v) is 5.22. The molecule has 0 atom stereocenters. The van der Waals surface area contributed by atoms with Crippen molar-refractivity contribution in [2.45, 2.75) is 6.92 Å². The van der Waals surface area contributed by atoms with Gasteiger partial charge in [-0.2, -0.15) is 0 Å². The molecule has 4 aromatic rings. The third kappa shape index (κ3) is 3.96. The molecular formula is C21H17N5O3S. The summed E-state index contributed by atoms with van der Waals surface area (Å²) in [7, 11) is 0. The SMILES string of the molecule is CCOC(=O)c1c(-c2ccccc2)csc1NC(=O)c1ccc(-n2cnnn2)cc1. The maximum Gasteiger partial charge on any atom is 0.341 e. The number of aromatic nitrogens is 4. The van der Waals surface area contributed by atoms with E-state index < -0.39 is 5.97 Å². The van der Waals surface area contributed by atoms with Gasteiger partial charge in [0.2, 0.25) is 0 Å². The van der Waals surface area contributed by atoms with Crippen molar-refractivity contribution in [1.29, 1.82) is 0 Å². The molecule has 0 fully saturated rings. The van der Waals surface area contributed by atoms with Gasteiger partial charge in [0, 0.05) is 16.5 Å². The molecule has 2 aromatic heterocycles. The van der Waals surface area contributed by atoms with Gasteiger partial charge in [-0.3, -0.25) is 4.79 Å². The fourth-order valence-corrected chi connectivity index (χ4v) is 3.86. The standard InChI is InChI=1S/C21H17N5O3S/c1-2-29-21(28)18-17(14-6-4-3-5-7-14)12-30-20(18)23-19(27)15-8-10-16(11-9-15)26-13-22-24-25-26/h3-13H,2H2,1H3,(H,23,27). The lowest BCUT2D eigenvalue weighted by Gasteiger charge is -2.09. The summed E-state index contributed by atoms with van der Waals surface area (Å²) in [6.07, 6.45) is 1.47. The number of benzene rings is 2. The first kappa shape index (κ1) is 19.5. The third-order valence-electron chi connectivity index (χ3n) is 4.33. The Bertz CT molecular complexity index is 1160. The topological polar surface area (TPSA) is 99.0 Å². The molecule has 2 heterocycles. The average molecular weight is 419 g/mol. The molecule has 0 aliphatic rings. The van der Waals surface area contributed by atoms with Crippen LogP contribution < -0.4 is 5.32 Å². The number of anilines is 1. The minimum absolute atomic E-state index is 0.245. The second-order valence-electron chi connectivity index (χ2n) is 6.20. The largest absolute Gasteiger partial charge is 0.462 e. The lowest BCUT2D eigenvalue weighted by molar-refractivity contribution is 0.0529. The van der Waals surface area contributed by atoms with Gasteiger partial charge in [-0.25, -0.2) is 9.48 Å². The van der Waals surface area contributed by atoms with E-state index in [0.717, 1.165) is 16.8 Å². The zero-order chi connectivity index (χ0) is 20.9. The average Bonchev–Trinajstić information content (AvgIpc) is 3.45. The van der Waals surface area contributed by atoms with Gasteiger partial charge in [0.05, 0.1) is 12.3 Å². The number of carbonyl (C=O) groups excluding carboxylic acids is 2. The van der Waals surface area contributed by atoms with Gasteiger partial charge in [0.25, 0.3) is 5.91 Å². The second-order valence-corrected chi connectivity index (χ2v) is 7.08. The lowest BCUT2D eigenvalue weighted by atomic mass is 10.0. The zero-order valence-electron chi connectivity index (χ0n) is 16.0. The number of amides is 1. The van der Waals surface area contributed by atoms with Crippen molar-refractivity contribution < 1.29 is 14.3 Å². The van der Waals surface area contributed by atoms with Gasteiger partial charge < -0.3 is 10.1 Å². The summed E-state index contributed by atoms with van der Waals surface area (Å²) < 4.78 is 6.72. The van der Waals surface area contributed by atoms with Crippen molar-refractivity contribution >= 4 is 28.2 Å². The fraction of sp³-hybridized carbons (Fsp3) is 0.0952. The monoisotopic (exact) mass is 419 g/mol. The Balaban J connectivity index is 1.61. The van der Waals surface area contributed by atoms with Crippen LogP contribution in [0.15, 0.2) is 66.3 Å². The van der Waals surface area contributed by atoms with Crippen LogP contribution in [-0.4, -0.2) is 38.7 Å². The van der Waals surface area contributed by atoms with Crippen LogP contribution in [0.5, 0.6) is 0 Å². The highest BCUT2D eigenvalue weighted by Crippen LogP contribution is 2.36. The molecule has 0 radical (unpaired) electrons. The van der Waals surface area contributed by atoms with E-state index in [1.807, 2.05) is 35.7 Å². The van der Waals surface area contributed by atoms with Crippen LogP contribution in [0.2, 0.25) is 0 Å². The highest BCUT2D eigenvalue weighted by atomic mass is 32.1. The molecule has 0 saturated carbocycles. The quantitative estimate of drug-likeness (QED) is 0.477. The predicted molar refractivity (Wildman–Crippen MR) is 113 cm³/mol. The Hall–Kier alpha value is -3.85. The van der Waals surface area contributed by atoms with Gasteiger partial charge in [-0.1, -0.05) is 30.3 Å². The maximum atomic E-state index is 12.8. The van der Waals surface area contributed by atoms with E-state index in [4.69, 9.17) is 4.74 Å². The molecule has 0 aliphatic carbocycles. The van der Waals surface area contributed by atoms with Gasteiger partial charge >= 0.3 is 5.97 Å². The molecule has 4 rings (SSSR count). The van der Waals surface area contributed by atoms with Crippen LogP contribution >= 0.6 is 11.3 Å². The van der Waals surface area contributed by atoms with Crippen LogP contribution in [0, 0.1) is 0 Å². The molecule has 0 unspecified atom stereocenters. The summed E-state index contributed by atoms with van der Waals surface area (Å²) >= 11 is 1.29. The van der Waals surface area contributed by atoms with Crippen LogP contribution in [0.4, 0.5) is 5.00 Å². The molecule has 1 N–H and O–H groups in total. The van der Waals surface area contributed by atoms with Crippen LogP contribution in [0.1, 0.15) is 27.6 Å². The molecule has 30 heavy (non-hydrogen) atoms. The Kier molecular flexibility index (Phi) is 5.62. The Morgan fingerprint density at radius 2 is 1.87 bits per heavy atom.